The Morgan fingerprint density at radius 1 is 1.58 bits per heavy atom. The topological polar surface area (TPSA) is 20.2 Å². The fourth-order valence-electron chi connectivity index (χ4n) is 1.50. The van der Waals surface area contributed by atoms with Gasteiger partial charge in [0.05, 0.1) is 5.60 Å². The van der Waals surface area contributed by atoms with Gasteiger partial charge in [0.2, 0.25) is 0 Å². The number of hydrogen-bond acceptors (Lipinski definition) is 1. The van der Waals surface area contributed by atoms with Crippen molar-refractivity contribution in [1.29, 1.82) is 0 Å². The van der Waals surface area contributed by atoms with Gasteiger partial charge in [-0.05, 0) is 32.6 Å². The summed E-state index contributed by atoms with van der Waals surface area (Å²) >= 11 is 0. The lowest BCUT2D eigenvalue weighted by Crippen LogP contribution is -2.23. The molecule has 70 valence electrons. The molecule has 0 saturated heterocycles. The lowest BCUT2D eigenvalue weighted by Gasteiger charge is -2.22. The summed E-state index contributed by atoms with van der Waals surface area (Å²) in [7, 11) is 0. The molecule has 0 amide bonds. The summed E-state index contributed by atoms with van der Waals surface area (Å²) in [5.74, 6) is 0.494. The van der Waals surface area contributed by atoms with E-state index in [-0.39, 0.29) is 0 Å². The predicted molar refractivity (Wildman–Crippen MR) is 54.0 cm³/mol. The molecule has 0 rings (SSSR count). The van der Waals surface area contributed by atoms with Crippen LogP contribution >= 0.6 is 0 Å². The summed E-state index contributed by atoms with van der Waals surface area (Å²) in [6.45, 7) is 9.56. The Bertz CT molecular complexity index is 156. The maximum atomic E-state index is 9.79. The van der Waals surface area contributed by atoms with Crippen LogP contribution < -0.4 is 0 Å². The maximum absolute atomic E-state index is 9.79. The largest absolute Gasteiger partial charge is 0.386 e. The molecule has 1 nitrogen and oxygen atoms in total. The van der Waals surface area contributed by atoms with Crippen LogP contribution in [0.3, 0.4) is 0 Å². The van der Waals surface area contributed by atoms with E-state index in [1.807, 2.05) is 32.1 Å². The Morgan fingerprint density at radius 2 is 2.17 bits per heavy atom. The average Bonchev–Trinajstić information content (AvgIpc) is 1.85. The molecule has 0 aromatic heterocycles. The van der Waals surface area contributed by atoms with Crippen molar-refractivity contribution in [3.05, 3.63) is 24.8 Å². The van der Waals surface area contributed by atoms with Crippen molar-refractivity contribution >= 4 is 0 Å². The van der Waals surface area contributed by atoms with Crippen molar-refractivity contribution in [2.24, 2.45) is 5.92 Å². The van der Waals surface area contributed by atoms with Gasteiger partial charge in [-0.1, -0.05) is 25.2 Å². The molecular weight excluding hydrogens is 148 g/mol. The number of rotatable bonds is 5. The second kappa shape index (κ2) is 5.15. The molecule has 0 fully saturated rings. The molecule has 0 aliphatic carbocycles. The zero-order valence-corrected chi connectivity index (χ0v) is 8.38. The van der Waals surface area contributed by atoms with Crippen LogP contribution in [-0.2, 0) is 0 Å². The van der Waals surface area contributed by atoms with Gasteiger partial charge in [0.15, 0.2) is 0 Å². The lowest BCUT2D eigenvalue weighted by molar-refractivity contribution is 0.0851. The summed E-state index contributed by atoms with van der Waals surface area (Å²) in [5, 5.41) is 9.79. The van der Waals surface area contributed by atoms with Crippen LogP contribution in [0.2, 0.25) is 0 Å². The van der Waals surface area contributed by atoms with E-state index in [1.54, 1.807) is 0 Å². The van der Waals surface area contributed by atoms with E-state index in [0.717, 1.165) is 12.8 Å². The van der Waals surface area contributed by atoms with Gasteiger partial charge in [-0.3, -0.25) is 0 Å². The fraction of sp³-hybridized carbons (Fsp3) is 0.636. The molecule has 1 heteroatoms. The van der Waals surface area contributed by atoms with Crippen molar-refractivity contribution in [3.8, 4) is 0 Å². The third-order valence-corrected chi connectivity index (χ3v) is 1.86. The third kappa shape index (κ3) is 5.14. The zero-order valence-electron chi connectivity index (χ0n) is 8.38. The molecule has 0 bridgehead atoms. The van der Waals surface area contributed by atoms with Gasteiger partial charge in [0.1, 0.15) is 0 Å². The van der Waals surface area contributed by atoms with Crippen molar-refractivity contribution in [1.82, 2.24) is 0 Å². The van der Waals surface area contributed by atoms with Gasteiger partial charge < -0.3 is 5.11 Å². The van der Waals surface area contributed by atoms with Crippen LogP contribution in [0.5, 0.6) is 0 Å². The first kappa shape index (κ1) is 11.4. The maximum Gasteiger partial charge on any atom is 0.0802 e. The zero-order chi connectivity index (χ0) is 9.61. The normalized spacial score (nSPS) is 19.0. The molecule has 0 aromatic rings. The summed E-state index contributed by atoms with van der Waals surface area (Å²) in [6.07, 6.45) is 7.39. The first-order valence-corrected chi connectivity index (χ1v) is 4.49. The van der Waals surface area contributed by atoms with Crippen LogP contribution in [-0.4, -0.2) is 10.7 Å². The number of allylic oxidation sites excluding steroid dienone is 2. The second-order valence-corrected chi connectivity index (χ2v) is 3.69. The van der Waals surface area contributed by atoms with E-state index in [0.29, 0.717) is 5.92 Å². The van der Waals surface area contributed by atoms with Gasteiger partial charge in [-0.2, -0.15) is 0 Å². The highest BCUT2D eigenvalue weighted by Crippen LogP contribution is 2.20. The minimum atomic E-state index is -0.656. The molecule has 0 aromatic carbocycles. The third-order valence-electron chi connectivity index (χ3n) is 1.86. The number of aliphatic hydroxyl groups is 1. The molecule has 0 aliphatic heterocycles. The first-order chi connectivity index (χ1) is 5.52. The Kier molecular flexibility index (Phi) is 4.91. The smallest absolute Gasteiger partial charge is 0.0802 e. The monoisotopic (exact) mass is 168 g/mol. The van der Waals surface area contributed by atoms with Gasteiger partial charge in [0.25, 0.3) is 0 Å². The summed E-state index contributed by atoms with van der Waals surface area (Å²) in [4.78, 5) is 0. The van der Waals surface area contributed by atoms with Gasteiger partial charge >= 0.3 is 0 Å². The molecule has 2 atom stereocenters. The minimum Gasteiger partial charge on any atom is -0.386 e. The standard InChI is InChI=1S/C11H20O/c1-5-7-10(3)9-11(4,12)8-6-2/h5-6,8,10,12H,1,7,9H2,2-4H3/b8-6+. The van der Waals surface area contributed by atoms with Gasteiger partial charge in [-0.25, -0.2) is 0 Å². The van der Waals surface area contributed by atoms with Crippen LogP contribution in [0, 0.1) is 5.92 Å². The molecule has 2 unspecified atom stereocenters. The molecule has 0 heterocycles. The quantitative estimate of drug-likeness (QED) is 0.626. The Labute approximate surface area is 75.8 Å². The molecule has 0 aliphatic rings. The van der Waals surface area contributed by atoms with Gasteiger partial charge in [-0.15, -0.1) is 6.58 Å². The van der Waals surface area contributed by atoms with Crippen molar-refractivity contribution < 1.29 is 5.11 Å². The molecule has 0 radical (unpaired) electrons. The average molecular weight is 168 g/mol. The molecule has 12 heavy (non-hydrogen) atoms. The Balaban J connectivity index is 3.95. The highest BCUT2D eigenvalue weighted by molar-refractivity contribution is 4.97. The lowest BCUT2D eigenvalue weighted by atomic mass is 9.91. The summed E-state index contributed by atoms with van der Waals surface area (Å²) < 4.78 is 0. The minimum absolute atomic E-state index is 0.494. The SMILES string of the molecule is C=CCC(C)CC(C)(O)/C=C/C. The van der Waals surface area contributed by atoms with Crippen molar-refractivity contribution in [2.75, 3.05) is 0 Å². The van der Waals surface area contributed by atoms with Gasteiger partial charge in [0, 0.05) is 0 Å². The van der Waals surface area contributed by atoms with E-state index in [4.69, 9.17) is 0 Å². The van der Waals surface area contributed by atoms with Crippen LogP contribution in [0.4, 0.5) is 0 Å². The van der Waals surface area contributed by atoms with E-state index in [1.165, 1.54) is 0 Å². The fourth-order valence-corrected chi connectivity index (χ4v) is 1.50. The van der Waals surface area contributed by atoms with Crippen molar-refractivity contribution in [3.63, 3.8) is 0 Å². The number of hydrogen-bond donors (Lipinski definition) is 1. The van der Waals surface area contributed by atoms with E-state index in [9.17, 15) is 5.11 Å². The Morgan fingerprint density at radius 3 is 2.58 bits per heavy atom. The molecule has 1 N–H and O–H groups in total. The highest BCUT2D eigenvalue weighted by atomic mass is 16.3. The Hall–Kier alpha value is -0.560. The second-order valence-electron chi connectivity index (χ2n) is 3.69. The first-order valence-electron chi connectivity index (χ1n) is 4.49. The highest BCUT2D eigenvalue weighted by Gasteiger charge is 2.18. The van der Waals surface area contributed by atoms with Crippen LogP contribution in [0.1, 0.15) is 33.6 Å². The van der Waals surface area contributed by atoms with E-state index in [2.05, 4.69) is 13.5 Å². The van der Waals surface area contributed by atoms with E-state index >= 15 is 0 Å². The van der Waals surface area contributed by atoms with Crippen LogP contribution in [0.25, 0.3) is 0 Å². The van der Waals surface area contributed by atoms with Crippen molar-refractivity contribution in [2.45, 2.75) is 39.2 Å². The summed E-state index contributed by atoms with van der Waals surface area (Å²) in [5.41, 5.74) is -0.656. The van der Waals surface area contributed by atoms with Crippen LogP contribution in [0.15, 0.2) is 24.8 Å². The van der Waals surface area contributed by atoms with E-state index < -0.39 is 5.60 Å². The molecule has 0 spiro atoms. The molecule has 0 saturated carbocycles. The predicted octanol–water partition coefficient (Wildman–Crippen LogP) is 2.92. The molecular formula is C11H20O. The summed E-state index contributed by atoms with van der Waals surface area (Å²) in [6, 6.07) is 0.